The fourth-order valence-corrected chi connectivity index (χ4v) is 4.61. The van der Waals surface area contributed by atoms with Crippen molar-refractivity contribution in [2.75, 3.05) is 0 Å². The number of fused-ring (bicyclic) bond motifs is 1. The van der Waals surface area contributed by atoms with Crippen LogP contribution >= 0.6 is 0 Å². The Morgan fingerprint density at radius 3 is 1.85 bits per heavy atom. The largest absolute Gasteiger partial charge is 0.284 e. The molecule has 0 fully saturated rings. The van der Waals surface area contributed by atoms with E-state index in [1.807, 2.05) is 91.9 Å². The van der Waals surface area contributed by atoms with Crippen LogP contribution in [0.4, 0.5) is 0 Å². The summed E-state index contributed by atoms with van der Waals surface area (Å²) in [6.45, 7) is 5.00. The van der Waals surface area contributed by atoms with Crippen LogP contribution in [0.25, 0.3) is 44.8 Å². The number of carbonyl (C=O) groups is 2. The van der Waals surface area contributed by atoms with Crippen LogP contribution in [-0.4, -0.2) is 25.9 Å². The minimum atomic E-state index is -0.141. The monoisotopic (exact) mass is 433 g/mol. The third-order valence-corrected chi connectivity index (χ3v) is 5.94. The lowest BCUT2D eigenvalue weighted by Gasteiger charge is -2.10. The molecule has 0 saturated heterocycles. The van der Waals surface area contributed by atoms with Crippen LogP contribution in [0.5, 0.6) is 0 Å². The SMILES string of the molecule is CC(=O)n1c(-c2c(C)n(C(C)=O)c3ccccc23)nc(-c2ccccc2)c1-c1ccccc1. The maximum Gasteiger partial charge on any atom is 0.229 e. The van der Waals surface area contributed by atoms with Crippen molar-refractivity contribution in [3.8, 4) is 33.9 Å². The molecule has 0 aliphatic heterocycles. The van der Waals surface area contributed by atoms with Crippen LogP contribution in [0.1, 0.15) is 29.1 Å². The highest BCUT2D eigenvalue weighted by molar-refractivity contribution is 6.05. The lowest BCUT2D eigenvalue weighted by Crippen LogP contribution is -2.11. The first kappa shape index (κ1) is 20.6. The number of aromatic nitrogens is 3. The second-order valence-corrected chi connectivity index (χ2v) is 8.05. The molecule has 0 aliphatic rings. The predicted molar refractivity (Wildman–Crippen MR) is 131 cm³/mol. The van der Waals surface area contributed by atoms with Crippen LogP contribution in [0.2, 0.25) is 0 Å². The molecule has 0 amide bonds. The van der Waals surface area contributed by atoms with Gasteiger partial charge >= 0.3 is 0 Å². The number of nitrogens with zero attached hydrogens (tertiary/aromatic N) is 3. The van der Waals surface area contributed by atoms with Gasteiger partial charge in [0.15, 0.2) is 0 Å². The van der Waals surface area contributed by atoms with E-state index in [1.165, 1.54) is 0 Å². The topological polar surface area (TPSA) is 56.9 Å². The lowest BCUT2D eigenvalue weighted by molar-refractivity contribution is 0.0932. The number of rotatable bonds is 3. The second kappa shape index (κ2) is 8.02. The Kier molecular flexibility index (Phi) is 5.02. The Bertz CT molecular complexity index is 1510. The quantitative estimate of drug-likeness (QED) is 0.328. The maximum absolute atomic E-state index is 13.1. The highest BCUT2D eigenvalue weighted by Gasteiger charge is 2.27. The molecular formula is C28H23N3O2. The van der Waals surface area contributed by atoms with Gasteiger partial charge < -0.3 is 0 Å². The van der Waals surface area contributed by atoms with Gasteiger partial charge in [0.1, 0.15) is 5.82 Å². The second-order valence-electron chi connectivity index (χ2n) is 8.05. The van der Waals surface area contributed by atoms with E-state index in [-0.39, 0.29) is 11.8 Å². The average molecular weight is 434 g/mol. The Morgan fingerprint density at radius 1 is 0.697 bits per heavy atom. The van der Waals surface area contributed by atoms with Gasteiger partial charge in [0.2, 0.25) is 11.8 Å². The smallest absolute Gasteiger partial charge is 0.229 e. The third-order valence-electron chi connectivity index (χ3n) is 5.94. The molecule has 3 aromatic carbocycles. The van der Waals surface area contributed by atoms with Crippen LogP contribution in [0.3, 0.4) is 0 Å². The van der Waals surface area contributed by atoms with E-state index in [0.29, 0.717) is 5.82 Å². The normalized spacial score (nSPS) is 11.1. The van der Waals surface area contributed by atoms with Crippen molar-refractivity contribution < 1.29 is 9.59 Å². The summed E-state index contributed by atoms with van der Waals surface area (Å²) in [5.41, 5.74) is 5.64. The van der Waals surface area contributed by atoms with Gasteiger partial charge in [0.25, 0.3) is 0 Å². The van der Waals surface area contributed by atoms with Crippen LogP contribution in [0.15, 0.2) is 84.9 Å². The van der Waals surface area contributed by atoms with E-state index in [2.05, 4.69) is 0 Å². The van der Waals surface area contributed by atoms with Crippen molar-refractivity contribution in [1.29, 1.82) is 0 Å². The summed E-state index contributed by atoms with van der Waals surface area (Å²) < 4.78 is 3.37. The molecule has 0 aliphatic carbocycles. The van der Waals surface area contributed by atoms with Crippen molar-refractivity contribution in [3.05, 3.63) is 90.6 Å². The van der Waals surface area contributed by atoms with E-state index >= 15 is 0 Å². The van der Waals surface area contributed by atoms with Gasteiger partial charge in [-0.15, -0.1) is 0 Å². The summed E-state index contributed by atoms with van der Waals surface area (Å²) in [6, 6.07) is 27.4. The molecule has 0 saturated carbocycles. The molecule has 162 valence electrons. The number of para-hydroxylation sites is 1. The summed E-state index contributed by atoms with van der Waals surface area (Å²) in [5.74, 6) is 0.314. The van der Waals surface area contributed by atoms with Gasteiger partial charge in [0.05, 0.1) is 16.9 Å². The van der Waals surface area contributed by atoms with E-state index in [0.717, 1.165) is 44.7 Å². The highest BCUT2D eigenvalue weighted by Crippen LogP contribution is 2.40. The van der Waals surface area contributed by atoms with Crippen molar-refractivity contribution in [3.63, 3.8) is 0 Å². The molecule has 5 nitrogen and oxygen atoms in total. The zero-order valence-electron chi connectivity index (χ0n) is 18.7. The summed E-state index contributed by atoms with van der Waals surface area (Å²) in [4.78, 5) is 30.7. The van der Waals surface area contributed by atoms with E-state index in [4.69, 9.17) is 4.98 Å². The van der Waals surface area contributed by atoms with Crippen LogP contribution < -0.4 is 0 Å². The average Bonchev–Trinajstić information content (AvgIpc) is 3.35. The van der Waals surface area contributed by atoms with E-state index in [9.17, 15) is 9.59 Å². The van der Waals surface area contributed by atoms with Crippen molar-refractivity contribution >= 4 is 22.7 Å². The van der Waals surface area contributed by atoms with Gasteiger partial charge in [-0.05, 0) is 13.0 Å². The molecule has 5 rings (SSSR count). The Labute approximate surface area is 191 Å². The number of carbonyl (C=O) groups excluding carboxylic acids is 2. The first-order valence-electron chi connectivity index (χ1n) is 10.8. The van der Waals surface area contributed by atoms with Crippen molar-refractivity contribution in [1.82, 2.24) is 14.1 Å². The molecule has 5 aromatic rings. The zero-order chi connectivity index (χ0) is 23.1. The van der Waals surface area contributed by atoms with Crippen molar-refractivity contribution in [2.45, 2.75) is 20.8 Å². The molecule has 2 aromatic heterocycles. The number of hydrogen-bond donors (Lipinski definition) is 0. The van der Waals surface area contributed by atoms with Gasteiger partial charge in [-0.1, -0.05) is 78.9 Å². The minimum absolute atomic E-state index is 0.0811. The number of hydrogen-bond acceptors (Lipinski definition) is 3. The van der Waals surface area contributed by atoms with Crippen molar-refractivity contribution in [2.24, 2.45) is 0 Å². The van der Waals surface area contributed by atoms with Crippen LogP contribution in [-0.2, 0) is 0 Å². The number of imidazole rings is 1. The van der Waals surface area contributed by atoms with Gasteiger partial charge in [-0.2, -0.15) is 0 Å². The summed E-state index contributed by atoms with van der Waals surface area (Å²) in [7, 11) is 0. The summed E-state index contributed by atoms with van der Waals surface area (Å²) >= 11 is 0. The molecular weight excluding hydrogens is 410 g/mol. The summed E-state index contributed by atoms with van der Waals surface area (Å²) in [5, 5.41) is 0.886. The number of benzene rings is 3. The Hall–Kier alpha value is -4.25. The Balaban J connectivity index is 1.94. The molecule has 0 N–H and O–H groups in total. The van der Waals surface area contributed by atoms with Crippen LogP contribution in [0, 0.1) is 6.92 Å². The molecule has 2 heterocycles. The van der Waals surface area contributed by atoms with Gasteiger partial charge in [0, 0.05) is 41.6 Å². The zero-order valence-corrected chi connectivity index (χ0v) is 18.7. The molecule has 0 spiro atoms. The standard InChI is InChI=1S/C28H23N3O2/c1-18-25(23-16-10-11-17-24(23)30(18)19(2)32)28-29-26(21-12-6-4-7-13-21)27(31(28)20(3)33)22-14-8-5-9-15-22/h4-17H,1-3H3. The van der Waals surface area contributed by atoms with Gasteiger partial charge in [-0.3, -0.25) is 18.7 Å². The maximum atomic E-state index is 13.1. The fourth-order valence-electron chi connectivity index (χ4n) is 4.61. The molecule has 0 atom stereocenters. The summed E-state index contributed by atoms with van der Waals surface area (Å²) in [6.07, 6.45) is 0. The molecule has 33 heavy (non-hydrogen) atoms. The van der Waals surface area contributed by atoms with Gasteiger partial charge in [-0.25, -0.2) is 4.98 Å². The first-order valence-corrected chi connectivity index (χ1v) is 10.8. The lowest BCUT2D eigenvalue weighted by atomic mass is 10.0. The van der Waals surface area contributed by atoms with E-state index in [1.54, 1.807) is 23.0 Å². The highest BCUT2D eigenvalue weighted by atomic mass is 16.2. The molecule has 0 radical (unpaired) electrons. The predicted octanol–water partition coefficient (Wildman–Crippen LogP) is 6.47. The molecule has 0 unspecified atom stereocenters. The van der Waals surface area contributed by atoms with E-state index < -0.39 is 0 Å². The fraction of sp³-hybridized carbons (Fsp3) is 0.107. The first-order chi connectivity index (χ1) is 16.0. The molecule has 5 heteroatoms. The third kappa shape index (κ3) is 3.29. The minimum Gasteiger partial charge on any atom is -0.284 e. The molecule has 0 bridgehead atoms. The Morgan fingerprint density at radius 2 is 1.24 bits per heavy atom.